The molecular weight excluding hydrogens is 344 g/mol. The standard InChI is InChI=1S/C16H18N4O2S2/c1-10-17-18-16(24-10)23-9-15(22)19-6-11-5-12(8-19)13-3-2-4-14(21)20(13)7-11/h2-4,11-12H,5-9H2,1H3. The summed E-state index contributed by atoms with van der Waals surface area (Å²) in [6, 6.07) is 5.46. The SMILES string of the molecule is Cc1nnc(SCC(=O)N2CC3CC(C2)c2cccc(=O)n2C3)s1. The van der Waals surface area contributed by atoms with Gasteiger partial charge in [0.2, 0.25) is 5.91 Å². The van der Waals surface area contributed by atoms with Crippen molar-refractivity contribution < 1.29 is 4.79 Å². The van der Waals surface area contributed by atoms with E-state index in [4.69, 9.17) is 0 Å². The van der Waals surface area contributed by atoms with E-state index in [0.29, 0.717) is 18.2 Å². The van der Waals surface area contributed by atoms with Crippen LogP contribution >= 0.6 is 23.1 Å². The maximum absolute atomic E-state index is 12.6. The molecule has 2 aromatic rings. The fourth-order valence-corrected chi connectivity index (χ4v) is 5.37. The van der Waals surface area contributed by atoms with Gasteiger partial charge in [0.25, 0.3) is 5.56 Å². The van der Waals surface area contributed by atoms with E-state index >= 15 is 0 Å². The maximum atomic E-state index is 12.6. The van der Waals surface area contributed by atoms with Crippen LogP contribution in [0.2, 0.25) is 0 Å². The summed E-state index contributed by atoms with van der Waals surface area (Å²) in [5, 5.41) is 8.95. The summed E-state index contributed by atoms with van der Waals surface area (Å²) in [4.78, 5) is 26.6. The van der Waals surface area contributed by atoms with Gasteiger partial charge in [-0.3, -0.25) is 9.59 Å². The Balaban J connectivity index is 1.45. The molecule has 0 aliphatic carbocycles. The van der Waals surface area contributed by atoms with Gasteiger partial charge < -0.3 is 9.47 Å². The zero-order chi connectivity index (χ0) is 16.7. The lowest BCUT2D eigenvalue weighted by molar-refractivity contribution is -0.131. The van der Waals surface area contributed by atoms with Crippen molar-refractivity contribution in [2.75, 3.05) is 18.8 Å². The number of hydrogen-bond donors (Lipinski definition) is 0. The first-order valence-corrected chi connectivity index (χ1v) is 9.81. The average Bonchev–Trinajstić information content (AvgIpc) is 2.99. The van der Waals surface area contributed by atoms with Gasteiger partial charge in [-0.05, 0) is 25.3 Å². The van der Waals surface area contributed by atoms with Crippen LogP contribution in [-0.2, 0) is 11.3 Å². The number of fused-ring (bicyclic) bond motifs is 4. The molecular formula is C16H18N4O2S2. The second kappa shape index (κ2) is 6.33. The highest BCUT2D eigenvalue weighted by Gasteiger charge is 2.36. The number of pyridine rings is 1. The highest BCUT2D eigenvalue weighted by atomic mass is 32.2. The molecule has 2 aromatic heterocycles. The second-order valence-electron chi connectivity index (χ2n) is 6.37. The fraction of sp³-hybridized carbons (Fsp3) is 0.500. The minimum Gasteiger partial charge on any atom is -0.341 e. The molecule has 2 aliphatic rings. The Hall–Kier alpha value is -1.67. The number of thioether (sulfide) groups is 1. The highest BCUT2D eigenvalue weighted by molar-refractivity contribution is 8.01. The van der Waals surface area contributed by atoms with Gasteiger partial charge >= 0.3 is 0 Å². The zero-order valence-electron chi connectivity index (χ0n) is 13.3. The van der Waals surface area contributed by atoms with Crippen molar-refractivity contribution >= 4 is 29.0 Å². The lowest BCUT2D eigenvalue weighted by atomic mass is 9.83. The number of nitrogens with zero attached hydrogens (tertiary/aromatic N) is 4. The summed E-state index contributed by atoms with van der Waals surface area (Å²) in [5.74, 6) is 1.18. The van der Waals surface area contributed by atoms with E-state index in [2.05, 4.69) is 10.2 Å². The Kier molecular flexibility index (Phi) is 4.17. The molecule has 2 aliphatic heterocycles. The normalized spacial score (nSPS) is 22.3. The molecule has 2 atom stereocenters. The number of hydrogen-bond acceptors (Lipinski definition) is 6. The fourth-order valence-electron chi connectivity index (χ4n) is 3.65. The van der Waals surface area contributed by atoms with Crippen LogP contribution in [0.25, 0.3) is 0 Å². The van der Waals surface area contributed by atoms with Gasteiger partial charge in [-0.2, -0.15) is 0 Å². The number of amides is 1. The Morgan fingerprint density at radius 2 is 2.21 bits per heavy atom. The predicted octanol–water partition coefficient (Wildman–Crippen LogP) is 1.75. The topological polar surface area (TPSA) is 68.1 Å². The van der Waals surface area contributed by atoms with E-state index < -0.39 is 0 Å². The molecule has 4 rings (SSSR count). The predicted molar refractivity (Wildman–Crippen MR) is 93.5 cm³/mol. The first-order valence-electron chi connectivity index (χ1n) is 8.00. The minimum absolute atomic E-state index is 0.0733. The molecule has 0 aromatic carbocycles. The van der Waals surface area contributed by atoms with Crippen LogP contribution in [0.15, 0.2) is 27.3 Å². The molecule has 2 bridgehead atoms. The van der Waals surface area contributed by atoms with Crippen molar-refractivity contribution in [1.82, 2.24) is 19.7 Å². The van der Waals surface area contributed by atoms with Crippen LogP contribution in [-0.4, -0.2) is 44.4 Å². The van der Waals surface area contributed by atoms with Crippen molar-refractivity contribution in [3.8, 4) is 0 Å². The molecule has 8 heteroatoms. The van der Waals surface area contributed by atoms with Crippen LogP contribution in [0.1, 0.15) is 23.0 Å². The summed E-state index contributed by atoms with van der Waals surface area (Å²) < 4.78 is 2.73. The number of aromatic nitrogens is 3. The Labute approximate surface area is 147 Å². The molecule has 24 heavy (non-hydrogen) atoms. The summed E-state index contributed by atoms with van der Waals surface area (Å²) in [5.41, 5.74) is 1.15. The largest absolute Gasteiger partial charge is 0.341 e. The van der Waals surface area contributed by atoms with Crippen LogP contribution in [0.4, 0.5) is 0 Å². The monoisotopic (exact) mass is 362 g/mol. The Morgan fingerprint density at radius 1 is 1.33 bits per heavy atom. The molecule has 1 saturated heterocycles. The van der Waals surface area contributed by atoms with E-state index in [0.717, 1.165) is 34.6 Å². The van der Waals surface area contributed by atoms with Crippen LogP contribution in [0.3, 0.4) is 0 Å². The molecule has 0 N–H and O–H groups in total. The van der Waals surface area contributed by atoms with Gasteiger partial charge in [-0.25, -0.2) is 0 Å². The van der Waals surface area contributed by atoms with Gasteiger partial charge in [-0.1, -0.05) is 29.2 Å². The summed E-state index contributed by atoms with van der Waals surface area (Å²) >= 11 is 2.98. The molecule has 6 nitrogen and oxygen atoms in total. The molecule has 0 radical (unpaired) electrons. The van der Waals surface area contributed by atoms with Crippen molar-refractivity contribution in [3.63, 3.8) is 0 Å². The van der Waals surface area contributed by atoms with Crippen molar-refractivity contribution in [1.29, 1.82) is 0 Å². The number of likely N-dealkylation sites (tertiary alicyclic amines) is 1. The summed E-state index contributed by atoms with van der Waals surface area (Å²) in [7, 11) is 0. The average molecular weight is 362 g/mol. The van der Waals surface area contributed by atoms with E-state index in [-0.39, 0.29) is 17.4 Å². The Bertz CT molecular complexity index is 831. The lowest BCUT2D eigenvalue weighted by Crippen LogP contribution is -2.49. The molecule has 126 valence electrons. The first kappa shape index (κ1) is 15.8. The third-order valence-corrected chi connectivity index (χ3v) is 6.62. The molecule has 1 fully saturated rings. The third-order valence-electron chi connectivity index (χ3n) is 4.66. The maximum Gasteiger partial charge on any atom is 0.250 e. The first-order chi connectivity index (χ1) is 11.6. The van der Waals surface area contributed by atoms with Crippen LogP contribution in [0, 0.1) is 12.8 Å². The molecule has 0 saturated carbocycles. The third kappa shape index (κ3) is 3.00. The smallest absolute Gasteiger partial charge is 0.250 e. The van der Waals surface area contributed by atoms with Crippen LogP contribution in [0.5, 0.6) is 0 Å². The van der Waals surface area contributed by atoms with Crippen molar-refractivity contribution in [2.45, 2.75) is 30.1 Å². The summed E-state index contributed by atoms with van der Waals surface area (Å²) in [6.07, 6.45) is 1.07. The quantitative estimate of drug-likeness (QED) is 0.778. The number of rotatable bonds is 3. The van der Waals surface area contributed by atoms with E-state index in [9.17, 15) is 9.59 Å². The number of aryl methyl sites for hydroxylation is 1. The lowest BCUT2D eigenvalue weighted by Gasteiger charge is -2.42. The number of carbonyl (C=O) groups excluding carboxylic acids is 1. The molecule has 0 spiro atoms. The zero-order valence-corrected chi connectivity index (χ0v) is 15.0. The van der Waals surface area contributed by atoms with Crippen molar-refractivity contribution in [3.05, 3.63) is 39.3 Å². The second-order valence-corrected chi connectivity index (χ2v) is 8.78. The molecule has 4 heterocycles. The minimum atomic E-state index is 0.0733. The number of piperidine rings is 1. The van der Waals surface area contributed by atoms with Gasteiger partial charge in [0.05, 0.1) is 5.75 Å². The molecule has 2 unspecified atom stereocenters. The van der Waals surface area contributed by atoms with Crippen molar-refractivity contribution in [2.24, 2.45) is 5.92 Å². The summed E-state index contributed by atoms with van der Waals surface area (Å²) in [6.45, 7) is 4.08. The van der Waals surface area contributed by atoms with Gasteiger partial charge in [0.15, 0.2) is 4.34 Å². The highest BCUT2D eigenvalue weighted by Crippen LogP contribution is 2.35. The van der Waals surface area contributed by atoms with E-state index in [1.54, 1.807) is 6.07 Å². The van der Waals surface area contributed by atoms with E-state index in [1.807, 2.05) is 28.5 Å². The van der Waals surface area contributed by atoms with Gasteiger partial charge in [0.1, 0.15) is 5.01 Å². The van der Waals surface area contributed by atoms with Gasteiger partial charge in [-0.15, -0.1) is 10.2 Å². The van der Waals surface area contributed by atoms with Gasteiger partial charge in [0, 0.05) is 37.3 Å². The number of carbonyl (C=O) groups is 1. The molecule has 1 amide bonds. The Morgan fingerprint density at radius 3 is 3.00 bits per heavy atom. The van der Waals surface area contributed by atoms with Crippen LogP contribution < -0.4 is 5.56 Å². The van der Waals surface area contributed by atoms with E-state index in [1.165, 1.54) is 23.1 Å².